The zero-order valence-electron chi connectivity index (χ0n) is 24.2. The van der Waals surface area contributed by atoms with Gasteiger partial charge in [0.25, 0.3) is 5.91 Å². The smallest absolute Gasteiger partial charge is 0.254 e. The highest BCUT2D eigenvalue weighted by Crippen LogP contribution is 2.32. The van der Waals surface area contributed by atoms with Crippen LogP contribution >= 0.6 is 12.6 Å². The van der Waals surface area contributed by atoms with Crippen molar-refractivity contribution < 1.29 is 24.2 Å². The third kappa shape index (κ3) is 15.6. The molecule has 2 aromatic carbocycles. The molecule has 9 nitrogen and oxygen atoms in total. The predicted molar refractivity (Wildman–Crippen MR) is 165 cm³/mol. The van der Waals surface area contributed by atoms with Gasteiger partial charge in [-0.3, -0.25) is 9.59 Å². The first-order valence-electron chi connectivity index (χ1n) is 14.7. The number of amides is 2. The van der Waals surface area contributed by atoms with Crippen LogP contribution in [-0.4, -0.2) is 55.3 Å². The second kappa shape index (κ2) is 21.8. The Kier molecular flexibility index (Phi) is 18.2. The van der Waals surface area contributed by atoms with Gasteiger partial charge in [0, 0.05) is 19.6 Å². The van der Waals surface area contributed by atoms with Crippen molar-refractivity contribution in [1.82, 2.24) is 10.6 Å². The number of unbranched alkanes of at least 4 members (excludes halogenated alkanes) is 7. The molecule has 2 aromatic rings. The van der Waals surface area contributed by atoms with Crippen molar-refractivity contribution in [2.24, 2.45) is 10.2 Å². The quantitative estimate of drug-likeness (QED) is 0.0520. The second-order valence-electron chi connectivity index (χ2n) is 9.72. The van der Waals surface area contributed by atoms with E-state index < -0.39 is 0 Å². The maximum Gasteiger partial charge on any atom is 0.254 e. The van der Waals surface area contributed by atoms with E-state index in [1.54, 1.807) is 24.3 Å². The Hall–Kier alpha value is -2.95. The number of benzene rings is 2. The molecule has 226 valence electrons. The number of carbonyl (C=O) groups excluding carboxylic acids is 2. The summed E-state index contributed by atoms with van der Waals surface area (Å²) in [7, 11) is 0. The van der Waals surface area contributed by atoms with E-state index in [4.69, 9.17) is 9.47 Å². The Morgan fingerprint density at radius 2 is 1.54 bits per heavy atom. The topological polar surface area (TPSA) is 122 Å². The molecule has 10 heteroatoms. The van der Waals surface area contributed by atoms with E-state index in [0.29, 0.717) is 45.1 Å². The van der Waals surface area contributed by atoms with Crippen molar-refractivity contribution in [1.29, 1.82) is 0 Å². The van der Waals surface area contributed by atoms with Crippen molar-refractivity contribution in [2.75, 3.05) is 33.0 Å². The minimum Gasteiger partial charge on any atom is -0.506 e. The van der Waals surface area contributed by atoms with Crippen molar-refractivity contribution in [3.8, 4) is 5.75 Å². The summed E-state index contributed by atoms with van der Waals surface area (Å²) in [6.45, 7) is 4.84. The molecule has 0 fully saturated rings. The van der Waals surface area contributed by atoms with Crippen LogP contribution in [0.2, 0.25) is 0 Å². The number of carbonyl (C=O) groups is 2. The Morgan fingerprint density at radius 1 is 0.854 bits per heavy atom. The average Bonchev–Trinajstić information content (AvgIpc) is 2.97. The number of rotatable bonds is 22. The molecular weight excluding hydrogens is 540 g/mol. The van der Waals surface area contributed by atoms with Gasteiger partial charge in [-0.25, -0.2) is 0 Å². The Balaban J connectivity index is 1.52. The van der Waals surface area contributed by atoms with Gasteiger partial charge in [0.1, 0.15) is 11.4 Å². The van der Waals surface area contributed by atoms with E-state index in [2.05, 4.69) is 33.5 Å². The molecule has 1 atom stereocenters. The molecule has 1 unspecified atom stereocenters. The summed E-state index contributed by atoms with van der Waals surface area (Å²) in [4.78, 5) is 24.7. The molecular formula is C31H46N4O5S. The number of phenols is 1. The minimum atomic E-state index is -0.345. The van der Waals surface area contributed by atoms with Gasteiger partial charge in [0.15, 0.2) is 0 Å². The maximum atomic E-state index is 12.8. The van der Waals surface area contributed by atoms with Gasteiger partial charge < -0.3 is 25.2 Å². The lowest BCUT2D eigenvalue weighted by atomic mass is 10.1. The molecule has 0 aliphatic rings. The fourth-order valence-electron chi connectivity index (χ4n) is 4.12. The molecule has 0 saturated heterocycles. The lowest BCUT2D eigenvalue weighted by Crippen LogP contribution is -2.30. The molecule has 0 aliphatic heterocycles. The fraction of sp³-hybridized carbons (Fsp3) is 0.548. The molecule has 0 aliphatic carbocycles. The molecule has 0 aromatic heterocycles. The molecule has 2 amide bonds. The van der Waals surface area contributed by atoms with E-state index in [-0.39, 0.29) is 34.2 Å². The third-order valence-corrected chi connectivity index (χ3v) is 6.74. The summed E-state index contributed by atoms with van der Waals surface area (Å²) in [5, 5.41) is 24.0. The molecule has 0 heterocycles. The number of phenolic OH excluding ortho intramolecular Hbond substituents is 1. The standard InChI is InChI=1S/C31H46N4O5S/c1-2-39-23-24-40-22-21-32-28(37)19-12-7-5-3-4-6-8-13-20-29(41)33-31(38)26-17-14-18-27(36)30(26)35-34-25-15-10-9-11-16-25/h9-11,14-18,29,36,41H,2-8,12-13,19-24H2,1H3,(H,32,37)(H,33,38). The molecule has 0 radical (unpaired) electrons. The van der Waals surface area contributed by atoms with Crippen molar-refractivity contribution in [2.45, 2.75) is 76.5 Å². The van der Waals surface area contributed by atoms with Crippen LogP contribution in [0, 0.1) is 0 Å². The number of thiol groups is 1. The first-order chi connectivity index (χ1) is 20.0. The van der Waals surface area contributed by atoms with E-state index >= 15 is 0 Å². The molecule has 0 saturated carbocycles. The molecule has 41 heavy (non-hydrogen) atoms. The van der Waals surface area contributed by atoms with E-state index in [9.17, 15) is 14.7 Å². The number of nitrogens with one attached hydrogen (secondary N) is 2. The lowest BCUT2D eigenvalue weighted by Gasteiger charge is -2.14. The highest BCUT2D eigenvalue weighted by molar-refractivity contribution is 7.80. The average molecular weight is 587 g/mol. The first-order valence-corrected chi connectivity index (χ1v) is 15.2. The summed E-state index contributed by atoms with van der Waals surface area (Å²) in [5.74, 6) is -0.364. The highest BCUT2D eigenvalue weighted by atomic mass is 32.1. The van der Waals surface area contributed by atoms with Crippen LogP contribution in [0.5, 0.6) is 5.75 Å². The Bertz CT molecular complexity index is 1040. The van der Waals surface area contributed by atoms with Crippen molar-refractivity contribution >= 4 is 35.8 Å². The summed E-state index contributed by atoms with van der Waals surface area (Å²) in [6.07, 6.45) is 9.91. The first kappa shape index (κ1) is 34.3. The highest BCUT2D eigenvalue weighted by Gasteiger charge is 2.17. The van der Waals surface area contributed by atoms with Gasteiger partial charge >= 0.3 is 0 Å². The predicted octanol–water partition coefficient (Wildman–Crippen LogP) is 6.86. The number of nitrogens with zero attached hydrogens (tertiary/aromatic N) is 2. The molecule has 2 rings (SSSR count). The Labute approximate surface area is 249 Å². The van der Waals surface area contributed by atoms with Gasteiger partial charge in [-0.05, 0) is 44.0 Å². The van der Waals surface area contributed by atoms with Gasteiger partial charge in [0.2, 0.25) is 5.91 Å². The number of hydrogen-bond donors (Lipinski definition) is 4. The van der Waals surface area contributed by atoms with Crippen LogP contribution in [-0.2, 0) is 14.3 Å². The lowest BCUT2D eigenvalue weighted by molar-refractivity contribution is -0.121. The number of aromatic hydroxyl groups is 1. The van der Waals surface area contributed by atoms with Gasteiger partial charge in [-0.15, -0.1) is 5.11 Å². The van der Waals surface area contributed by atoms with E-state index in [1.807, 2.05) is 25.1 Å². The SMILES string of the molecule is CCOCCOCCNC(=O)CCCCCCCCCCC(S)NC(=O)c1cccc(O)c1N=Nc1ccccc1. The van der Waals surface area contributed by atoms with Crippen molar-refractivity contribution in [3.63, 3.8) is 0 Å². The van der Waals surface area contributed by atoms with Crippen LogP contribution in [0.1, 0.15) is 81.5 Å². The minimum absolute atomic E-state index is 0.0867. The number of ether oxygens (including phenoxy) is 2. The summed E-state index contributed by atoms with van der Waals surface area (Å²) in [5.41, 5.74) is 1.01. The zero-order valence-corrected chi connectivity index (χ0v) is 25.1. The second-order valence-corrected chi connectivity index (χ2v) is 10.3. The van der Waals surface area contributed by atoms with E-state index in [0.717, 1.165) is 57.8 Å². The summed E-state index contributed by atoms with van der Waals surface area (Å²) in [6, 6.07) is 13.8. The summed E-state index contributed by atoms with van der Waals surface area (Å²) < 4.78 is 10.6. The van der Waals surface area contributed by atoms with Crippen LogP contribution in [0.4, 0.5) is 11.4 Å². The molecule has 3 N–H and O–H groups in total. The molecule has 0 spiro atoms. The number of hydrogen-bond acceptors (Lipinski definition) is 8. The summed E-state index contributed by atoms with van der Waals surface area (Å²) >= 11 is 4.54. The fourth-order valence-corrected chi connectivity index (χ4v) is 4.42. The zero-order chi connectivity index (χ0) is 29.5. The van der Waals surface area contributed by atoms with Gasteiger partial charge in [-0.2, -0.15) is 17.7 Å². The van der Waals surface area contributed by atoms with Crippen LogP contribution in [0.3, 0.4) is 0 Å². The van der Waals surface area contributed by atoms with Crippen LogP contribution in [0.25, 0.3) is 0 Å². The van der Waals surface area contributed by atoms with Crippen molar-refractivity contribution in [3.05, 3.63) is 54.1 Å². The maximum absolute atomic E-state index is 12.8. The van der Waals surface area contributed by atoms with Gasteiger partial charge in [0.05, 0.1) is 36.4 Å². The number of azo groups is 1. The molecule has 0 bridgehead atoms. The normalized spacial score (nSPS) is 12.0. The monoisotopic (exact) mass is 586 g/mol. The van der Waals surface area contributed by atoms with E-state index in [1.165, 1.54) is 6.07 Å². The van der Waals surface area contributed by atoms with Crippen LogP contribution < -0.4 is 10.6 Å². The van der Waals surface area contributed by atoms with Crippen LogP contribution in [0.15, 0.2) is 58.8 Å². The third-order valence-electron chi connectivity index (χ3n) is 6.35. The largest absolute Gasteiger partial charge is 0.506 e. The Morgan fingerprint density at radius 3 is 2.27 bits per heavy atom. The van der Waals surface area contributed by atoms with Gasteiger partial charge in [-0.1, -0.05) is 69.2 Å².